The molecule has 2 rings (SSSR count). The molecule has 5 nitrogen and oxygen atoms in total. The second-order valence-corrected chi connectivity index (χ2v) is 6.02. The Morgan fingerprint density at radius 3 is 2.14 bits per heavy atom. The van der Waals surface area contributed by atoms with E-state index in [4.69, 9.17) is 15.3 Å². The summed E-state index contributed by atoms with van der Waals surface area (Å²) in [5.41, 5.74) is 6.39. The minimum absolute atomic E-state index is 0.115. The highest BCUT2D eigenvalue weighted by Crippen LogP contribution is 2.16. The third kappa shape index (κ3) is 5.16. The van der Waals surface area contributed by atoms with E-state index >= 15 is 0 Å². The maximum absolute atomic E-state index is 11.5. The van der Waals surface area contributed by atoms with Crippen LogP contribution >= 0.6 is 31.9 Å². The summed E-state index contributed by atoms with van der Waals surface area (Å²) in [5.74, 6) is 0.0393. The molecule has 7 heteroatoms. The Labute approximate surface area is 144 Å². The molecule has 0 aliphatic rings. The lowest BCUT2D eigenvalue weighted by Gasteiger charge is -2.04. The molecule has 0 heterocycles. The standard InChI is InChI=1S/C15H12Br2N2O3/c16-11-3-1-10(2-4-11)15(18)19-22-14(20)9-21-13-7-5-12(17)6-8-13/h1-8H,9H2,(H2,18,19). The summed E-state index contributed by atoms with van der Waals surface area (Å²) in [5, 5.41) is 3.59. The number of carbonyl (C=O) groups excluding carboxylic acids is 1. The number of benzene rings is 2. The van der Waals surface area contributed by atoms with Gasteiger partial charge in [0.05, 0.1) is 0 Å². The lowest BCUT2D eigenvalue weighted by atomic mass is 10.2. The summed E-state index contributed by atoms with van der Waals surface area (Å²) in [6, 6.07) is 14.2. The topological polar surface area (TPSA) is 73.9 Å². The van der Waals surface area contributed by atoms with Gasteiger partial charge in [-0.05, 0) is 36.4 Å². The Bertz CT molecular complexity index is 670. The molecule has 0 bridgehead atoms. The zero-order chi connectivity index (χ0) is 15.9. The molecule has 0 saturated heterocycles. The molecule has 2 N–H and O–H groups in total. The van der Waals surface area contributed by atoms with Gasteiger partial charge in [-0.3, -0.25) is 0 Å². The van der Waals surface area contributed by atoms with E-state index in [-0.39, 0.29) is 12.4 Å². The molecule has 2 aromatic rings. The lowest BCUT2D eigenvalue weighted by molar-refractivity contribution is -0.146. The predicted molar refractivity (Wildman–Crippen MR) is 90.6 cm³/mol. The van der Waals surface area contributed by atoms with E-state index < -0.39 is 5.97 Å². The Kier molecular flexibility index (Phi) is 5.97. The molecule has 0 aliphatic heterocycles. The molecule has 2 aromatic carbocycles. The molecule has 0 radical (unpaired) electrons. The van der Waals surface area contributed by atoms with Crippen LogP contribution in [0.4, 0.5) is 0 Å². The smallest absolute Gasteiger partial charge is 0.372 e. The summed E-state index contributed by atoms with van der Waals surface area (Å²) >= 11 is 6.63. The van der Waals surface area contributed by atoms with Crippen LogP contribution in [0.5, 0.6) is 5.75 Å². The van der Waals surface area contributed by atoms with Crippen molar-refractivity contribution in [2.75, 3.05) is 6.61 Å². The highest BCUT2D eigenvalue weighted by Gasteiger charge is 2.06. The first kappa shape index (κ1) is 16.5. The van der Waals surface area contributed by atoms with Gasteiger partial charge in [-0.2, -0.15) is 0 Å². The molecule has 0 spiro atoms. The van der Waals surface area contributed by atoms with Crippen molar-refractivity contribution < 1.29 is 14.4 Å². The van der Waals surface area contributed by atoms with Gasteiger partial charge in [-0.25, -0.2) is 4.79 Å². The third-order valence-corrected chi connectivity index (χ3v) is 3.61. The number of hydrogen-bond donors (Lipinski definition) is 1. The SMILES string of the molecule is N/C(=N\OC(=O)COc1ccc(Br)cc1)c1ccc(Br)cc1. The van der Waals surface area contributed by atoms with E-state index in [0.29, 0.717) is 11.3 Å². The van der Waals surface area contributed by atoms with Gasteiger partial charge in [-0.1, -0.05) is 49.1 Å². The molecular weight excluding hydrogens is 416 g/mol. The second kappa shape index (κ2) is 7.95. The summed E-state index contributed by atoms with van der Waals surface area (Å²) in [6.45, 7) is -0.251. The van der Waals surface area contributed by atoms with Crippen molar-refractivity contribution in [3.8, 4) is 5.75 Å². The van der Waals surface area contributed by atoms with E-state index in [1.165, 1.54) is 0 Å². The molecular formula is C15H12Br2N2O3. The summed E-state index contributed by atoms with van der Waals surface area (Å²) in [7, 11) is 0. The van der Waals surface area contributed by atoms with Crippen LogP contribution in [0.2, 0.25) is 0 Å². The fourth-order valence-corrected chi connectivity index (χ4v) is 2.00. The summed E-state index contributed by atoms with van der Waals surface area (Å²) < 4.78 is 7.11. The predicted octanol–water partition coefficient (Wildman–Crippen LogP) is 3.45. The van der Waals surface area contributed by atoms with Crippen LogP contribution in [-0.2, 0) is 9.63 Å². The second-order valence-electron chi connectivity index (χ2n) is 4.19. The molecule has 0 unspecified atom stereocenters. The molecule has 0 amide bonds. The third-order valence-electron chi connectivity index (χ3n) is 2.56. The van der Waals surface area contributed by atoms with Crippen LogP contribution in [0, 0.1) is 0 Å². The average Bonchev–Trinajstić information content (AvgIpc) is 2.52. The molecule has 0 aliphatic carbocycles. The summed E-state index contributed by atoms with van der Waals surface area (Å²) in [6.07, 6.45) is 0. The van der Waals surface area contributed by atoms with Crippen molar-refractivity contribution in [1.29, 1.82) is 0 Å². The first-order valence-electron chi connectivity index (χ1n) is 6.22. The van der Waals surface area contributed by atoms with Crippen molar-refractivity contribution in [2.45, 2.75) is 0 Å². The zero-order valence-corrected chi connectivity index (χ0v) is 14.5. The van der Waals surface area contributed by atoms with Gasteiger partial charge in [0.1, 0.15) is 5.75 Å². The van der Waals surface area contributed by atoms with Gasteiger partial charge in [0.2, 0.25) is 0 Å². The van der Waals surface area contributed by atoms with E-state index in [9.17, 15) is 4.79 Å². The maximum atomic E-state index is 11.5. The highest BCUT2D eigenvalue weighted by molar-refractivity contribution is 9.10. The number of nitrogens with two attached hydrogens (primary N) is 1. The Morgan fingerprint density at radius 2 is 1.55 bits per heavy atom. The van der Waals surface area contributed by atoms with Gasteiger partial charge in [0, 0.05) is 14.5 Å². The maximum Gasteiger partial charge on any atom is 0.372 e. The number of amidine groups is 1. The van der Waals surface area contributed by atoms with Gasteiger partial charge in [0.25, 0.3) is 0 Å². The van der Waals surface area contributed by atoms with Crippen molar-refractivity contribution in [1.82, 2.24) is 0 Å². The van der Waals surface area contributed by atoms with E-state index in [1.807, 2.05) is 24.3 Å². The van der Waals surface area contributed by atoms with Crippen molar-refractivity contribution >= 4 is 43.7 Å². The fraction of sp³-hybridized carbons (Fsp3) is 0.0667. The zero-order valence-electron chi connectivity index (χ0n) is 11.3. The number of rotatable bonds is 5. The fourth-order valence-electron chi connectivity index (χ4n) is 1.47. The number of hydrogen-bond acceptors (Lipinski definition) is 4. The molecule has 0 aromatic heterocycles. The Morgan fingerprint density at radius 1 is 1.00 bits per heavy atom. The first-order valence-corrected chi connectivity index (χ1v) is 7.81. The molecule has 0 saturated carbocycles. The van der Waals surface area contributed by atoms with E-state index in [1.54, 1.807) is 24.3 Å². The van der Waals surface area contributed by atoms with Gasteiger partial charge in [0.15, 0.2) is 12.4 Å². The molecule has 22 heavy (non-hydrogen) atoms. The van der Waals surface area contributed by atoms with Crippen molar-refractivity contribution in [3.05, 3.63) is 63.0 Å². The monoisotopic (exact) mass is 426 g/mol. The number of carbonyl (C=O) groups is 1. The van der Waals surface area contributed by atoms with Gasteiger partial charge < -0.3 is 15.3 Å². The molecule has 0 atom stereocenters. The minimum atomic E-state index is -0.636. The lowest BCUT2D eigenvalue weighted by Crippen LogP contribution is -2.17. The van der Waals surface area contributed by atoms with Crippen LogP contribution < -0.4 is 10.5 Å². The van der Waals surface area contributed by atoms with Crippen LogP contribution in [0.1, 0.15) is 5.56 Å². The number of nitrogens with zero attached hydrogens (tertiary/aromatic N) is 1. The van der Waals surface area contributed by atoms with E-state index in [2.05, 4.69) is 37.0 Å². The molecule has 114 valence electrons. The van der Waals surface area contributed by atoms with Crippen LogP contribution in [0.3, 0.4) is 0 Å². The summed E-state index contributed by atoms with van der Waals surface area (Å²) in [4.78, 5) is 16.3. The normalized spacial score (nSPS) is 11.1. The minimum Gasteiger partial charge on any atom is -0.482 e. The number of halogens is 2. The van der Waals surface area contributed by atoms with Crippen molar-refractivity contribution in [3.63, 3.8) is 0 Å². The van der Waals surface area contributed by atoms with Gasteiger partial charge >= 0.3 is 5.97 Å². The van der Waals surface area contributed by atoms with Crippen LogP contribution in [0.25, 0.3) is 0 Å². The molecule has 0 fully saturated rings. The van der Waals surface area contributed by atoms with Crippen LogP contribution in [-0.4, -0.2) is 18.4 Å². The largest absolute Gasteiger partial charge is 0.482 e. The Balaban J connectivity index is 1.85. The first-order chi connectivity index (χ1) is 10.5. The highest BCUT2D eigenvalue weighted by atomic mass is 79.9. The number of ether oxygens (including phenoxy) is 1. The Hall–Kier alpha value is -1.86. The van der Waals surface area contributed by atoms with Crippen LogP contribution in [0.15, 0.2) is 62.6 Å². The average molecular weight is 428 g/mol. The van der Waals surface area contributed by atoms with E-state index in [0.717, 1.165) is 8.95 Å². The quantitative estimate of drug-likeness (QED) is 0.343. The van der Waals surface area contributed by atoms with Gasteiger partial charge in [-0.15, -0.1) is 0 Å². The van der Waals surface area contributed by atoms with Crippen molar-refractivity contribution in [2.24, 2.45) is 10.9 Å². The number of oxime groups is 1.